The minimum Gasteiger partial charge on any atom is -0.355 e. The summed E-state index contributed by atoms with van der Waals surface area (Å²) in [5.41, 5.74) is 0.407. The molecule has 11 nitrogen and oxygen atoms in total. The average molecular weight is 402 g/mol. The first-order valence-corrected chi connectivity index (χ1v) is 8.01. The molecule has 0 saturated carbocycles. The smallest absolute Gasteiger partial charge is 0.355 e. The van der Waals surface area contributed by atoms with Crippen molar-refractivity contribution in [3.63, 3.8) is 0 Å². The van der Waals surface area contributed by atoms with Crippen molar-refractivity contribution < 1.29 is 18.8 Å². The Labute approximate surface area is 159 Å². The second kappa shape index (κ2) is 6.63. The summed E-state index contributed by atoms with van der Waals surface area (Å²) >= 11 is 5.98. The van der Waals surface area contributed by atoms with Crippen LogP contribution in [-0.4, -0.2) is 26.1 Å². The number of benzene rings is 2. The second-order valence-corrected chi connectivity index (χ2v) is 5.99. The van der Waals surface area contributed by atoms with Gasteiger partial charge in [-0.2, -0.15) is 0 Å². The van der Waals surface area contributed by atoms with E-state index in [1.807, 2.05) is 0 Å². The number of rotatable bonds is 4. The molecule has 0 spiro atoms. The Morgan fingerprint density at radius 3 is 2.71 bits per heavy atom. The highest BCUT2D eigenvalue weighted by molar-refractivity contribution is 6.31. The highest BCUT2D eigenvalue weighted by Gasteiger charge is 2.21. The van der Waals surface area contributed by atoms with Crippen molar-refractivity contribution in [3.05, 3.63) is 67.8 Å². The first kappa shape index (κ1) is 17.4. The second-order valence-electron chi connectivity index (χ2n) is 5.56. The Morgan fingerprint density at radius 1 is 1.18 bits per heavy atom. The molecule has 1 amide bonds. The third kappa shape index (κ3) is 3.10. The number of aromatic nitrogens is 3. The maximum atomic E-state index is 12.7. The normalized spacial score (nSPS) is 10.9. The SMILES string of the molecule is O=C(Nc1ccc(Cl)cc1-c1noc(=O)[nH]1)c1noc2ccc([N+](=O)[O-])cc12. The van der Waals surface area contributed by atoms with Crippen molar-refractivity contribution in [3.8, 4) is 11.4 Å². The third-order valence-corrected chi connectivity index (χ3v) is 4.04. The first-order valence-electron chi connectivity index (χ1n) is 7.63. The predicted molar refractivity (Wildman–Crippen MR) is 96.2 cm³/mol. The van der Waals surface area contributed by atoms with Gasteiger partial charge in [-0.05, 0) is 24.3 Å². The number of nitrogens with one attached hydrogen (secondary N) is 2. The summed E-state index contributed by atoms with van der Waals surface area (Å²) in [4.78, 5) is 36.7. The lowest BCUT2D eigenvalue weighted by molar-refractivity contribution is -0.384. The van der Waals surface area contributed by atoms with Crippen LogP contribution in [0.5, 0.6) is 0 Å². The largest absolute Gasteiger partial charge is 0.439 e. The molecule has 28 heavy (non-hydrogen) atoms. The van der Waals surface area contributed by atoms with Gasteiger partial charge >= 0.3 is 5.76 Å². The molecule has 2 aromatic heterocycles. The van der Waals surface area contributed by atoms with Crippen LogP contribution in [0, 0.1) is 10.1 Å². The summed E-state index contributed by atoms with van der Waals surface area (Å²) in [6.07, 6.45) is 0. The summed E-state index contributed by atoms with van der Waals surface area (Å²) in [6.45, 7) is 0. The number of amides is 1. The van der Waals surface area contributed by atoms with E-state index in [0.717, 1.165) is 0 Å². The van der Waals surface area contributed by atoms with Crippen LogP contribution in [0.25, 0.3) is 22.4 Å². The Hall–Kier alpha value is -3.99. The molecule has 140 valence electrons. The molecular formula is C16H8ClN5O6. The molecule has 0 unspecified atom stereocenters. The Balaban J connectivity index is 1.73. The van der Waals surface area contributed by atoms with Crippen LogP contribution in [0.15, 0.2) is 50.2 Å². The number of nitro groups is 1. The van der Waals surface area contributed by atoms with Gasteiger partial charge in [0.2, 0.25) is 0 Å². The van der Waals surface area contributed by atoms with Gasteiger partial charge in [-0.15, -0.1) is 0 Å². The maximum Gasteiger partial charge on any atom is 0.439 e. The molecule has 0 aliphatic carbocycles. The van der Waals surface area contributed by atoms with E-state index in [-0.39, 0.29) is 33.9 Å². The molecule has 0 bridgehead atoms. The van der Waals surface area contributed by atoms with Gasteiger partial charge in [0, 0.05) is 22.7 Å². The van der Waals surface area contributed by atoms with E-state index < -0.39 is 16.6 Å². The number of aromatic amines is 1. The van der Waals surface area contributed by atoms with E-state index in [0.29, 0.717) is 10.6 Å². The van der Waals surface area contributed by atoms with Crippen molar-refractivity contribution in [2.24, 2.45) is 0 Å². The van der Waals surface area contributed by atoms with Crippen molar-refractivity contribution in [2.45, 2.75) is 0 Å². The fraction of sp³-hybridized carbons (Fsp3) is 0. The number of hydrogen-bond acceptors (Lipinski definition) is 8. The molecule has 2 heterocycles. The number of nitrogens with zero attached hydrogens (tertiary/aromatic N) is 3. The van der Waals surface area contributed by atoms with E-state index in [9.17, 15) is 19.7 Å². The van der Waals surface area contributed by atoms with Crippen LogP contribution in [0.3, 0.4) is 0 Å². The standard InChI is InChI=1S/C16H8ClN5O6/c17-7-1-3-11(9(5-7)14-19-16(24)28-21-14)18-15(23)13-10-6-8(22(25)26)2-4-12(10)27-20-13/h1-6H,(H,18,23)(H,19,21,24). The topological polar surface area (TPSA) is 157 Å². The van der Waals surface area contributed by atoms with Gasteiger partial charge in [-0.3, -0.25) is 24.4 Å². The number of non-ortho nitro benzene ring substituents is 1. The van der Waals surface area contributed by atoms with E-state index in [1.165, 1.54) is 36.4 Å². The Kier molecular flexibility index (Phi) is 4.12. The fourth-order valence-corrected chi connectivity index (χ4v) is 2.72. The van der Waals surface area contributed by atoms with Gasteiger partial charge in [-0.25, -0.2) is 4.79 Å². The molecule has 0 saturated heterocycles. The Bertz CT molecular complexity index is 1290. The van der Waals surface area contributed by atoms with E-state index >= 15 is 0 Å². The number of fused-ring (bicyclic) bond motifs is 1. The molecule has 0 aliphatic heterocycles. The fourth-order valence-electron chi connectivity index (χ4n) is 2.55. The molecule has 12 heteroatoms. The average Bonchev–Trinajstić information content (AvgIpc) is 3.28. The summed E-state index contributed by atoms with van der Waals surface area (Å²) < 4.78 is 9.53. The quantitative estimate of drug-likeness (QED) is 0.390. The zero-order valence-corrected chi connectivity index (χ0v) is 14.4. The lowest BCUT2D eigenvalue weighted by atomic mass is 10.1. The maximum absolute atomic E-state index is 12.7. The van der Waals surface area contributed by atoms with Crippen molar-refractivity contribution in [2.75, 3.05) is 5.32 Å². The zero-order valence-electron chi connectivity index (χ0n) is 13.6. The lowest BCUT2D eigenvalue weighted by Gasteiger charge is -2.08. The van der Waals surface area contributed by atoms with Crippen LogP contribution in [0.1, 0.15) is 10.5 Å². The number of H-pyrrole nitrogens is 1. The van der Waals surface area contributed by atoms with Crippen molar-refractivity contribution >= 4 is 39.9 Å². The monoisotopic (exact) mass is 401 g/mol. The number of hydrogen-bond donors (Lipinski definition) is 2. The first-order chi connectivity index (χ1) is 13.4. The van der Waals surface area contributed by atoms with E-state index in [4.69, 9.17) is 16.1 Å². The minimum atomic E-state index is -0.776. The highest BCUT2D eigenvalue weighted by Crippen LogP contribution is 2.30. The molecule has 0 atom stereocenters. The summed E-state index contributed by atoms with van der Waals surface area (Å²) in [5, 5.41) is 21.3. The summed E-state index contributed by atoms with van der Waals surface area (Å²) in [7, 11) is 0. The highest BCUT2D eigenvalue weighted by atomic mass is 35.5. The molecule has 0 fully saturated rings. The number of nitro benzene ring substituents is 1. The number of halogens is 1. The summed E-state index contributed by atoms with van der Waals surface area (Å²) in [5.74, 6) is -1.40. The molecule has 0 radical (unpaired) electrons. The van der Waals surface area contributed by atoms with Crippen molar-refractivity contribution in [1.29, 1.82) is 0 Å². The molecule has 2 N–H and O–H groups in total. The van der Waals surface area contributed by atoms with Crippen LogP contribution in [0.4, 0.5) is 11.4 Å². The van der Waals surface area contributed by atoms with E-state index in [2.05, 4.69) is 25.1 Å². The minimum absolute atomic E-state index is 0.0587. The molecule has 0 aliphatic rings. The molecular weight excluding hydrogens is 394 g/mol. The van der Waals surface area contributed by atoms with Crippen LogP contribution in [0.2, 0.25) is 5.02 Å². The van der Waals surface area contributed by atoms with Gasteiger partial charge in [0.05, 0.1) is 16.0 Å². The zero-order chi connectivity index (χ0) is 19.8. The molecule has 4 aromatic rings. The number of anilines is 1. The Morgan fingerprint density at radius 2 is 2.00 bits per heavy atom. The lowest BCUT2D eigenvalue weighted by Crippen LogP contribution is -2.13. The van der Waals surface area contributed by atoms with Gasteiger partial charge in [0.25, 0.3) is 11.6 Å². The van der Waals surface area contributed by atoms with Crippen LogP contribution in [-0.2, 0) is 0 Å². The van der Waals surface area contributed by atoms with Gasteiger partial charge < -0.3 is 9.84 Å². The van der Waals surface area contributed by atoms with Gasteiger partial charge in [-0.1, -0.05) is 21.9 Å². The van der Waals surface area contributed by atoms with Gasteiger partial charge in [0.1, 0.15) is 0 Å². The number of carbonyl (C=O) groups is 1. The van der Waals surface area contributed by atoms with Crippen molar-refractivity contribution in [1.82, 2.24) is 15.3 Å². The van der Waals surface area contributed by atoms with E-state index in [1.54, 1.807) is 0 Å². The third-order valence-electron chi connectivity index (χ3n) is 3.80. The molecule has 4 rings (SSSR count). The van der Waals surface area contributed by atoms with Crippen LogP contribution >= 0.6 is 11.6 Å². The van der Waals surface area contributed by atoms with Crippen LogP contribution < -0.4 is 11.1 Å². The van der Waals surface area contributed by atoms with Gasteiger partial charge in [0.15, 0.2) is 17.1 Å². The molecule has 2 aromatic carbocycles. The predicted octanol–water partition coefficient (Wildman–Crippen LogP) is 2.99. The summed E-state index contributed by atoms with van der Waals surface area (Å²) in [6, 6.07) is 8.27. The number of carbonyl (C=O) groups excluding carboxylic acids is 1.